The van der Waals surface area contributed by atoms with Crippen molar-refractivity contribution in [3.8, 4) is 11.8 Å². The van der Waals surface area contributed by atoms with E-state index in [0.29, 0.717) is 16.6 Å². The van der Waals surface area contributed by atoms with E-state index in [2.05, 4.69) is 15.5 Å². The predicted octanol–water partition coefficient (Wildman–Crippen LogP) is 3.84. The maximum atomic E-state index is 12.3. The molecule has 0 atom stereocenters. The molecular weight excluding hydrogens is 336 g/mol. The van der Waals surface area contributed by atoms with E-state index in [1.54, 1.807) is 12.1 Å². The van der Waals surface area contributed by atoms with Crippen LogP contribution < -0.4 is 5.32 Å². The Kier molecular flexibility index (Phi) is 5.41. The van der Waals surface area contributed by atoms with Crippen molar-refractivity contribution in [1.29, 1.82) is 5.26 Å². The molecule has 1 heterocycles. The molecule has 0 aliphatic heterocycles. The molecule has 1 aromatic carbocycles. The smallest absolute Gasteiger partial charge is 0.268 e. The second kappa shape index (κ2) is 7.90. The van der Waals surface area contributed by atoms with Crippen molar-refractivity contribution in [2.75, 3.05) is 5.32 Å². The molecule has 1 amide bonds. The molecule has 7 heteroatoms. The summed E-state index contributed by atoms with van der Waals surface area (Å²) in [5.74, 6) is 0.0472. The maximum absolute atomic E-state index is 12.3. The van der Waals surface area contributed by atoms with E-state index in [1.807, 2.05) is 6.07 Å². The monoisotopic (exact) mass is 354 g/mol. The fraction of sp³-hybridized carbons (Fsp3) is 0.333. The highest BCUT2D eigenvalue weighted by atomic mass is 32.1. The summed E-state index contributed by atoms with van der Waals surface area (Å²) in [6.45, 7) is 0. The van der Waals surface area contributed by atoms with Crippen LogP contribution in [0.5, 0.6) is 5.75 Å². The summed E-state index contributed by atoms with van der Waals surface area (Å²) in [6, 6.07) is 8.16. The van der Waals surface area contributed by atoms with Gasteiger partial charge in [-0.3, -0.25) is 10.1 Å². The Morgan fingerprint density at radius 2 is 1.96 bits per heavy atom. The van der Waals surface area contributed by atoms with Gasteiger partial charge in [-0.05, 0) is 36.6 Å². The van der Waals surface area contributed by atoms with Gasteiger partial charge >= 0.3 is 0 Å². The number of aromatic hydroxyl groups is 1. The van der Waals surface area contributed by atoms with Crippen molar-refractivity contribution >= 4 is 28.5 Å². The number of anilines is 1. The molecule has 3 rings (SSSR count). The number of amides is 1. The van der Waals surface area contributed by atoms with E-state index in [1.165, 1.54) is 48.8 Å². The quantitative estimate of drug-likeness (QED) is 0.642. The Balaban J connectivity index is 1.69. The summed E-state index contributed by atoms with van der Waals surface area (Å²) in [4.78, 5) is 12.3. The van der Waals surface area contributed by atoms with Crippen LogP contribution in [0.1, 0.15) is 48.6 Å². The molecule has 0 radical (unpaired) electrons. The minimum atomic E-state index is -0.512. The van der Waals surface area contributed by atoms with Gasteiger partial charge < -0.3 is 5.11 Å². The van der Waals surface area contributed by atoms with Crippen molar-refractivity contribution < 1.29 is 9.90 Å². The number of benzene rings is 1. The number of hydrogen-bond acceptors (Lipinski definition) is 6. The minimum Gasteiger partial charge on any atom is -0.508 e. The number of nitriles is 1. The molecule has 0 unspecified atom stereocenters. The highest BCUT2D eigenvalue weighted by molar-refractivity contribution is 7.15. The van der Waals surface area contributed by atoms with Crippen LogP contribution >= 0.6 is 11.3 Å². The van der Waals surface area contributed by atoms with Crippen LogP contribution in [-0.2, 0) is 4.79 Å². The van der Waals surface area contributed by atoms with E-state index in [0.717, 1.165) is 17.8 Å². The van der Waals surface area contributed by atoms with Crippen LogP contribution in [0.2, 0.25) is 0 Å². The summed E-state index contributed by atoms with van der Waals surface area (Å²) >= 11 is 1.38. The molecule has 128 valence electrons. The van der Waals surface area contributed by atoms with Gasteiger partial charge in [0.05, 0.1) is 0 Å². The first kappa shape index (κ1) is 17.1. The lowest BCUT2D eigenvalue weighted by atomic mass is 9.90. The summed E-state index contributed by atoms with van der Waals surface area (Å²) < 4.78 is 0. The molecule has 1 aliphatic rings. The Morgan fingerprint density at radius 1 is 1.24 bits per heavy atom. The number of phenols is 1. The SMILES string of the molecule is N#C/C(=C/c1ccc(O)cc1)C(=O)Nc1nnc(C2CCCCC2)s1. The Hall–Kier alpha value is -2.72. The normalized spacial score (nSPS) is 15.6. The van der Waals surface area contributed by atoms with E-state index in [4.69, 9.17) is 0 Å². The summed E-state index contributed by atoms with van der Waals surface area (Å²) in [6.07, 6.45) is 7.39. The lowest BCUT2D eigenvalue weighted by Crippen LogP contribution is -2.13. The number of nitrogens with zero attached hydrogens (tertiary/aromatic N) is 3. The fourth-order valence-electron chi connectivity index (χ4n) is 2.85. The van der Waals surface area contributed by atoms with Gasteiger partial charge in [0.15, 0.2) is 0 Å². The number of nitrogens with one attached hydrogen (secondary N) is 1. The summed E-state index contributed by atoms with van der Waals surface area (Å²) in [7, 11) is 0. The number of rotatable bonds is 4. The van der Waals surface area contributed by atoms with Gasteiger partial charge in [-0.2, -0.15) is 5.26 Å². The van der Waals surface area contributed by atoms with E-state index < -0.39 is 5.91 Å². The van der Waals surface area contributed by atoms with Gasteiger partial charge in [0.1, 0.15) is 22.4 Å². The number of carbonyl (C=O) groups is 1. The zero-order valence-electron chi connectivity index (χ0n) is 13.6. The molecule has 25 heavy (non-hydrogen) atoms. The lowest BCUT2D eigenvalue weighted by molar-refractivity contribution is -0.112. The van der Waals surface area contributed by atoms with Crippen LogP contribution in [0.3, 0.4) is 0 Å². The van der Waals surface area contributed by atoms with E-state index >= 15 is 0 Å². The van der Waals surface area contributed by atoms with Crippen LogP contribution in [0.15, 0.2) is 29.8 Å². The van der Waals surface area contributed by atoms with Gasteiger partial charge in [0, 0.05) is 5.92 Å². The topological polar surface area (TPSA) is 98.9 Å². The standard InChI is InChI=1S/C18H18N4O2S/c19-11-14(10-12-6-8-15(23)9-7-12)16(24)20-18-22-21-17(25-18)13-4-2-1-3-5-13/h6-10,13,23H,1-5H2,(H,20,22,24)/b14-10-. The lowest BCUT2D eigenvalue weighted by Gasteiger charge is -2.18. The number of aromatic nitrogens is 2. The average Bonchev–Trinajstić information content (AvgIpc) is 3.10. The highest BCUT2D eigenvalue weighted by Crippen LogP contribution is 2.35. The van der Waals surface area contributed by atoms with Crippen molar-refractivity contribution in [1.82, 2.24) is 10.2 Å². The van der Waals surface area contributed by atoms with Crippen LogP contribution in [-0.4, -0.2) is 21.2 Å². The molecule has 0 saturated heterocycles. The van der Waals surface area contributed by atoms with Gasteiger partial charge in [-0.25, -0.2) is 0 Å². The second-order valence-corrected chi connectivity index (χ2v) is 7.00. The number of phenolic OH excluding ortho intramolecular Hbond substituents is 1. The first-order chi connectivity index (χ1) is 12.2. The highest BCUT2D eigenvalue weighted by Gasteiger charge is 2.20. The summed E-state index contributed by atoms with van der Waals surface area (Å²) in [5, 5.41) is 30.8. The van der Waals surface area contributed by atoms with Gasteiger partial charge in [-0.1, -0.05) is 42.7 Å². The van der Waals surface area contributed by atoms with Gasteiger partial charge in [0.25, 0.3) is 5.91 Å². The summed E-state index contributed by atoms with van der Waals surface area (Å²) in [5.41, 5.74) is 0.629. The molecule has 1 aromatic heterocycles. The predicted molar refractivity (Wildman–Crippen MR) is 96.1 cm³/mol. The fourth-order valence-corrected chi connectivity index (χ4v) is 3.76. The second-order valence-electron chi connectivity index (χ2n) is 6.00. The molecular formula is C18H18N4O2S. The van der Waals surface area contributed by atoms with Gasteiger partial charge in [-0.15, -0.1) is 10.2 Å². The van der Waals surface area contributed by atoms with Crippen molar-refractivity contribution in [2.24, 2.45) is 0 Å². The van der Waals surface area contributed by atoms with E-state index in [-0.39, 0.29) is 11.3 Å². The average molecular weight is 354 g/mol. The Labute approximate surface area is 149 Å². The third kappa shape index (κ3) is 4.43. The van der Waals surface area contributed by atoms with Gasteiger partial charge in [0.2, 0.25) is 5.13 Å². The molecule has 2 N–H and O–H groups in total. The molecule has 0 spiro atoms. The van der Waals surface area contributed by atoms with E-state index in [9.17, 15) is 15.2 Å². The third-order valence-electron chi connectivity index (χ3n) is 4.18. The molecule has 1 aliphatic carbocycles. The molecule has 2 aromatic rings. The molecule has 1 saturated carbocycles. The first-order valence-electron chi connectivity index (χ1n) is 8.21. The first-order valence-corrected chi connectivity index (χ1v) is 9.03. The molecule has 0 bridgehead atoms. The van der Waals surface area contributed by atoms with Crippen molar-refractivity contribution in [3.05, 3.63) is 40.4 Å². The van der Waals surface area contributed by atoms with Crippen LogP contribution in [0.4, 0.5) is 5.13 Å². The van der Waals surface area contributed by atoms with Crippen molar-refractivity contribution in [3.63, 3.8) is 0 Å². The van der Waals surface area contributed by atoms with Crippen molar-refractivity contribution in [2.45, 2.75) is 38.0 Å². The van der Waals surface area contributed by atoms with Crippen LogP contribution in [0, 0.1) is 11.3 Å². The molecule has 6 nitrogen and oxygen atoms in total. The number of hydrogen-bond donors (Lipinski definition) is 2. The molecule has 1 fully saturated rings. The zero-order valence-corrected chi connectivity index (χ0v) is 14.4. The largest absolute Gasteiger partial charge is 0.508 e. The number of carbonyl (C=O) groups excluding carboxylic acids is 1. The Bertz CT molecular complexity index is 814. The third-order valence-corrected chi connectivity index (χ3v) is 5.19. The zero-order chi connectivity index (χ0) is 17.6. The Morgan fingerprint density at radius 3 is 2.64 bits per heavy atom. The van der Waals surface area contributed by atoms with Crippen LogP contribution in [0.25, 0.3) is 6.08 Å². The minimum absolute atomic E-state index is 0.0277. The maximum Gasteiger partial charge on any atom is 0.268 e.